The molecule has 25 heavy (non-hydrogen) atoms. The SMILES string of the molecule is CCOC1CC(NC(=NC)NCCc2sc(C)nc2C)C12CCCC2. The van der Waals surface area contributed by atoms with E-state index >= 15 is 0 Å². The summed E-state index contributed by atoms with van der Waals surface area (Å²) >= 11 is 1.80. The average Bonchev–Trinajstić information content (AvgIpc) is 3.21. The van der Waals surface area contributed by atoms with Gasteiger partial charge in [0.15, 0.2) is 5.96 Å². The molecule has 1 aromatic heterocycles. The molecule has 6 heteroatoms. The fraction of sp³-hybridized carbons (Fsp3) is 0.789. The molecule has 2 saturated carbocycles. The summed E-state index contributed by atoms with van der Waals surface area (Å²) in [6, 6.07) is 0.491. The lowest BCUT2D eigenvalue weighted by Crippen LogP contribution is -2.65. The van der Waals surface area contributed by atoms with Crippen LogP contribution in [0.25, 0.3) is 0 Å². The van der Waals surface area contributed by atoms with Crippen molar-refractivity contribution in [3.8, 4) is 0 Å². The number of ether oxygens (including phenoxy) is 1. The van der Waals surface area contributed by atoms with Gasteiger partial charge in [-0.2, -0.15) is 0 Å². The summed E-state index contributed by atoms with van der Waals surface area (Å²) in [5.74, 6) is 0.921. The third-order valence-corrected chi connectivity index (χ3v) is 7.00. The van der Waals surface area contributed by atoms with Crippen molar-refractivity contribution in [3.63, 3.8) is 0 Å². The van der Waals surface area contributed by atoms with Gasteiger partial charge in [-0.1, -0.05) is 12.8 Å². The Bertz CT molecular complexity index is 607. The van der Waals surface area contributed by atoms with E-state index in [1.165, 1.54) is 30.6 Å². The van der Waals surface area contributed by atoms with E-state index in [2.05, 4.69) is 41.4 Å². The number of hydrogen-bond donors (Lipinski definition) is 2. The lowest BCUT2D eigenvalue weighted by Gasteiger charge is -2.54. The van der Waals surface area contributed by atoms with Gasteiger partial charge in [0.05, 0.1) is 16.8 Å². The van der Waals surface area contributed by atoms with Crippen LogP contribution < -0.4 is 10.6 Å². The molecular formula is C19H32N4OS. The van der Waals surface area contributed by atoms with Gasteiger partial charge in [0.25, 0.3) is 0 Å². The maximum atomic E-state index is 6.01. The van der Waals surface area contributed by atoms with Gasteiger partial charge in [0.2, 0.25) is 0 Å². The van der Waals surface area contributed by atoms with E-state index in [1.807, 2.05) is 7.05 Å². The van der Waals surface area contributed by atoms with Crippen molar-refractivity contribution in [2.75, 3.05) is 20.2 Å². The van der Waals surface area contributed by atoms with E-state index in [-0.39, 0.29) is 0 Å². The van der Waals surface area contributed by atoms with E-state index < -0.39 is 0 Å². The van der Waals surface area contributed by atoms with Crippen molar-refractivity contribution in [2.45, 2.75) is 71.4 Å². The molecule has 1 aromatic rings. The minimum absolute atomic E-state index is 0.332. The molecule has 2 fully saturated rings. The third-order valence-electron chi connectivity index (χ3n) is 5.87. The summed E-state index contributed by atoms with van der Waals surface area (Å²) in [6.45, 7) is 7.98. The molecule has 0 amide bonds. The number of rotatable bonds is 6. The van der Waals surface area contributed by atoms with Crippen LogP contribution in [0.15, 0.2) is 4.99 Å². The number of aliphatic imine (C=N–C) groups is 1. The third kappa shape index (κ3) is 3.85. The predicted octanol–water partition coefficient (Wildman–Crippen LogP) is 3.21. The van der Waals surface area contributed by atoms with Gasteiger partial charge in [0.1, 0.15) is 0 Å². The zero-order valence-electron chi connectivity index (χ0n) is 16.0. The Balaban J connectivity index is 1.51. The normalized spacial score (nSPS) is 25.2. The summed E-state index contributed by atoms with van der Waals surface area (Å²) in [4.78, 5) is 10.3. The number of guanidine groups is 1. The van der Waals surface area contributed by atoms with Gasteiger partial charge in [-0.15, -0.1) is 11.3 Å². The lowest BCUT2D eigenvalue weighted by molar-refractivity contribution is -0.125. The highest BCUT2D eigenvalue weighted by atomic mass is 32.1. The Hall–Kier alpha value is -1.14. The smallest absolute Gasteiger partial charge is 0.191 e. The molecule has 0 aliphatic heterocycles. The first kappa shape index (κ1) is 18.6. The Morgan fingerprint density at radius 3 is 2.72 bits per heavy atom. The molecule has 2 aliphatic rings. The fourth-order valence-corrected chi connectivity index (χ4v) is 5.49. The van der Waals surface area contributed by atoms with Crippen LogP contribution >= 0.6 is 11.3 Å². The summed E-state index contributed by atoms with van der Waals surface area (Å²) in [6.07, 6.45) is 7.75. The molecule has 0 radical (unpaired) electrons. The molecule has 0 saturated heterocycles. The molecule has 1 heterocycles. The first-order valence-corrected chi connectivity index (χ1v) is 10.4. The molecule has 0 bridgehead atoms. The predicted molar refractivity (Wildman–Crippen MR) is 105 cm³/mol. The molecular weight excluding hydrogens is 332 g/mol. The van der Waals surface area contributed by atoms with Crippen LogP contribution in [-0.2, 0) is 11.2 Å². The van der Waals surface area contributed by atoms with Crippen LogP contribution in [0.4, 0.5) is 0 Å². The molecule has 5 nitrogen and oxygen atoms in total. The monoisotopic (exact) mass is 364 g/mol. The van der Waals surface area contributed by atoms with E-state index in [0.29, 0.717) is 17.6 Å². The zero-order valence-corrected chi connectivity index (χ0v) is 16.8. The largest absolute Gasteiger partial charge is 0.378 e. The first-order chi connectivity index (χ1) is 12.1. The molecule has 2 atom stereocenters. The molecule has 2 N–H and O–H groups in total. The Kier molecular flexibility index (Phi) is 6.00. The average molecular weight is 365 g/mol. The van der Waals surface area contributed by atoms with E-state index in [1.54, 1.807) is 11.3 Å². The number of nitrogens with zero attached hydrogens (tertiary/aromatic N) is 2. The second-order valence-corrected chi connectivity index (χ2v) is 8.60. The Labute approximate surface area is 155 Å². The molecule has 2 unspecified atom stereocenters. The second-order valence-electron chi connectivity index (χ2n) is 7.31. The quantitative estimate of drug-likeness (QED) is 0.601. The number of aromatic nitrogens is 1. The van der Waals surface area contributed by atoms with Crippen molar-refractivity contribution >= 4 is 17.3 Å². The summed E-state index contributed by atoms with van der Waals surface area (Å²) in [5, 5.41) is 8.31. The summed E-state index contributed by atoms with van der Waals surface area (Å²) in [5.41, 5.74) is 1.50. The fourth-order valence-electron chi connectivity index (χ4n) is 4.55. The van der Waals surface area contributed by atoms with E-state index in [4.69, 9.17) is 4.74 Å². The summed E-state index contributed by atoms with van der Waals surface area (Å²) < 4.78 is 6.01. The molecule has 2 aliphatic carbocycles. The zero-order chi connectivity index (χ0) is 17.9. The van der Waals surface area contributed by atoms with Crippen molar-refractivity contribution in [1.29, 1.82) is 0 Å². The summed E-state index contributed by atoms with van der Waals surface area (Å²) in [7, 11) is 1.86. The van der Waals surface area contributed by atoms with Crippen LogP contribution in [0.2, 0.25) is 0 Å². The van der Waals surface area contributed by atoms with Crippen LogP contribution in [0.3, 0.4) is 0 Å². The molecule has 0 aromatic carbocycles. The lowest BCUT2D eigenvalue weighted by atomic mass is 9.60. The molecule has 1 spiro atoms. The van der Waals surface area contributed by atoms with Crippen molar-refractivity contribution in [3.05, 3.63) is 15.6 Å². The Morgan fingerprint density at radius 2 is 2.12 bits per heavy atom. The number of aryl methyl sites for hydroxylation is 2. The standard InChI is InChI=1S/C19H32N4OS/c1-5-24-17-12-16(19(17)9-6-7-10-19)23-18(20-4)21-11-8-15-13(2)22-14(3)25-15/h16-17H,5-12H2,1-4H3,(H2,20,21,23). The van der Waals surface area contributed by atoms with Crippen LogP contribution in [0, 0.1) is 19.3 Å². The number of hydrogen-bond acceptors (Lipinski definition) is 4. The minimum atomic E-state index is 0.332. The molecule has 3 rings (SSSR count). The van der Waals surface area contributed by atoms with Gasteiger partial charge >= 0.3 is 0 Å². The van der Waals surface area contributed by atoms with Crippen LogP contribution in [-0.4, -0.2) is 43.3 Å². The highest BCUT2D eigenvalue weighted by molar-refractivity contribution is 7.11. The number of thiazole rings is 1. The van der Waals surface area contributed by atoms with Crippen molar-refractivity contribution < 1.29 is 4.74 Å². The van der Waals surface area contributed by atoms with Gasteiger partial charge in [-0.3, -0.25) is 4.99 Å². The van der Waals surface area contributed by atoms with Crippen LogP contribution in [0.1, 0.15) is 54.6 Å². The maximum absolute atomic E-state index is 6.01. The topological polar surface area (TPSA) is 58.5 Å². The first-order valence-electron chi connectivity index (χ1n) is 9.60. The minimum Gasteiger partial charge on any atom is -0.378 e. The number of nitrogens with one attached hydrogen (secondary N) is 2. The molecule has 140 valence electrons. The van der Waals surface area contributed by atoms with Crippen LogP contribution in [0.5, 0.6) is 0 Å². The highest BCUT2D eigenvalue weighted by Crippen LogP contribution is 2.54. The van der Waals surface area contributed by atoms with E-state index in [9.17, 15) is 0 Å². The van der Waals surface area contributed by atoms with Gasteiger partial charge < -0.3 is 15.4 Å². The van der Waals surface area contributed by atoms with Crippen molar-refractivity contribution in [2.24, 2.45) is 10.4 Å². The van der Waals surface area contributed by atoms with Crippen molar-refractivity contribution in [1.82, 2.24) is 15.6 Å². The second kappa shape index (κ2) is 8.04. The van der Waals surface area contributed by atoms with Gasteiger partial charge in [-0.05, 0) is 40.0 Å². The van der Waals surface area contributed by atoms with Gasteiger partial charge in [0, 0.05) is 43.0 Å². The van der Waals surface area contributed by atoms with E-state index in [0.717, 1.165) is 42.7 Å². The Morgan fingerprint density at radius 1 is 1.36 bits per heavy atom. The maximum Gasteiger partial charge on any atom is 0.191 e. The van der Waals surface area contributed by atoms with Gasteiger partial charge in [-0.25, -0.2) is 4.98 Å². The highest BCUT2D eigenvalue weighted by Gasteiger charge is 2.56.